The lowest BCUT2D eigenvalue weighted by Gasteiger charge is -2.23. The molecule has 0 radical (unpaired) electrons. The molecule has 1 fully saturated rings. The van der Waals surface area contributed by atoms with Gasteiger partial charge in [-0.2, -0.15) is 0 Å². The lowest BCUT2D eigenvalue weighted by molar-refractivity contribution is 0.370. The number of aliphatic imine (C=N–C) groups is 1. The van der Waals surface area contributed by atoms with E-state index >= 15 is 0 Å². The summed E-state index contributed by atoms with van der Waals surface area (Å²) in [5, 5.41) is 5.90. The van der Waals surface area contributed by atoms with Gasteiger partial charge >= 0.3 is 0 Å². The molecule has 22 heavy (non-hydrogen) atoms. The monoisotopic (exact) mass is 296 g/mol. The molecule has 1 N–H and O–H groups in total. The van der Waals surface area contributed by atoms with E-state index in [0.717, 1.165) is 24.7 Å². The maximum Gasteiger partial charge on any atom is 0.193 e. The van der Waals surface area contributed by atoms with E-state index in [4.69, 9.17) is 0 Å². The van der Waals surface area contributed by atoms with Gasteiger partial charge in [-0.15, -0.1) is 0 Å². The third-order valence-electron chi connectivity index (χ3n) is 4.36. The van der Waals surface area contributed by atoms with E-state index in [1.807, 2.05) is 13.2 Å². The zero-order valence-corrected chi connectivity index (χ0v) is 13.6. The molecule has 0 atom stereocenters. The second kappa shape index (κ2) is 5.95. The number of fused-ring (bicyclic) bond motifs is 1. The Morgan fingerprint density at radius 2 is 2.14 bits per heavy atom. The van der Waals surface area contributed by atoms with E-state index < -0.39 is 0 Å². The van der Waals surface area contributed by atoms with Gasteiger partial charge in [0.2, 0.25) is 0 Å². The van der Waals surface area contributed by atoms with E-state index in [2.05, 4.69) is 64.4 Å². The quantitative estimate of drug-likeness (QED) is 0.684. The standard InChI is InChI=1S/C18H24N4/c1-18(2)9-11-22(13-18)17(19-3)21-12-16-15-7-5-4-6-14(15)8-10-20-16/h4-8,10H,9,11-13H2,1-3H3,(H,19,21). The Bertz CT molecular complexity index is 685. The molecule has 1 aliphatic rings. The highest BCUT2D eigenvalue weighted by molar-refractivity contribution is 5.85. The van der Waals surface area contributed by atoms with Crippen LogP contribution >= 0.6 is 0 Å². The van der Waals surface area contributed by atoms with Crippen molar-refractivity contribution >= 4 is 16.7 Å². The number of benzene rings is 1. The fourth-order valence-corrected chi connectivity index (χ4v) is 3.11. The van der Waals surface area contributed by atoms with Crippen LogP contribution in [0.25, 0.3) is 10.8 Å². The SMILES string of the molecule is CN=C(NCc1nccc2ccccc12)N1CCC(C)(C)C1. The van der Waals surface area contributed by atoms with Gasteiger partial charge in [0.15, 0.2) is 5.96 Å². The fourth-order valence-electron chi connectivity index (χ4n) is 3.11. The van der Waals surface area contributed by atoms with Gasteiger partial charge in [0, 0.05) is 31.7 Å². The van der Waals surface area contributed by atoms with Crippen LogP contribution in [-0.2, 0) is 6.54 Å². The first-order valence-electron chi connectivity index (χ1n) is 7.87. The van der Waals surface area contributed by atoms with Crippen LogP contribution in [-0.4, -0.2) is 36.0 Å². The highest BCUT2D eigenvalue weighted by Crippen LogP contribution is 2.28. The van der Waals surface area contributed by atoms with Gasteiger partial charge in [0.05, 0.1) is 12.2 Å². The molecule has 0 amide bonds. The van der Waals surface area contributed by atoms with Crippen LogP contribution in [0.4, 0.5) is 0 Å². The largest absolute Gasteiger partial charge is 0.351 e. The number of likely N-dealkylation sites (tertiary alicyclic amines) is 1. The molecule has 116 valence electrons. The minimum absolute atomic E-state index is 0.370. The van der Waals surface area contributed by atoms with Crippen molar-refractivity contribution in [3.63, 3.8) is 0 Å². The Labute approximate surface area is 132 Å². The number of nitrogens with one attached hydrogen (secondary N) is 1. The smallest absolute Gasteiger partial charge is 0.193 e. The first-order valence-corrected chi connectivity index (χ1v) is 7.87. The average Bonchev–Trinajstić information content (AvgIpc) is 2.88. The molecule has 0 aliphatic carbocycles. The molecule has 1 saturated heterocycles. The Kier molecular flexibility index (Phi) is 4.01. The molecule has 1 aliphatic heterocycles. The van der Waals surface area contributed by atoms with Gasteiger partial charge in [-0.05, 0) is 23.3 Å². The molecular formula is C18H24N4. The van der Waals surface area contributed by atoms with E-state index in [-0.39, 0.29) is 0 Å². The van der Waals surface area contributed by atoms with Crippen molar-refractivity contribution in [2.45, 2.75) is 26.8 Å². The van der Waals surface area contributed by atoms with Gasteiger partial charge in [0.25, 0.3) is 0 Å². The molecule has 1 aromatic carbocycles. The van der Waals surface area contributed by atoms with Gasteiger partial charge in [-0.25, -0.2) is 0 Å². The first kappa shape index (κ1) is 14.8. The Morgan fingerprint density at radius 3 is 2.86 bits per heavy atom. The number of hydrogen-bond acceptors (Lipinski definition) is 2. The van der Waals surface area contributed by atoms with Crippen LogP contribution in [0.2, 0.25) is 0 Å². The molecule has 0 unspecified atom stereocenters. The Balaban J connectivity index is 1.73. The van der Waals surface area contributed by atoms with E-state index in [9.17, 15) is 0 Å². The number of guanidine groups is 1. The second-order valence-corrected chi connectivity index (χ2v) is 6.72. The lowest BCUT2D eigenvalue weighted by atomic mass is 9.93. The minimum atomic E-state index is 0.370. The summed E-state index contributed by atoms with van der Waals surface area (Å²) in [6.45, 7) is 7.44. The van der Waals surface area contributed by atoms with Crippen LogP contribution in [0, 0.1) is 5.41 Å². The number of nitrogens with zero attached hydrogens (tertiary/aromatic N) is 3. The van der Waals surface area contributed by atoms with Crippen molar-refractivity contribution in [1.82, 2.24) is 15.2 Å². The summed E-state index contributed by atoms with van der Waals surface area (Å²) in [4.78, 5) is 11.3. The lowest BCUT2D eigenvalue weighted by Crippen LogP contribution is -2.40. The van der Waals surface area contributed by atoms with Crippen LogP contribution in [0.5, 0.6) is 0 Å². The molecule has 3 rings (SSSR count). The van der Waals surface area contributed by atoms with Crippen molar-refractivity contribution in [1.29, 1.82) is 0 Å². The molecule has 4 nitrogen and oxygen atoms in total. The predicted octanol–water partition coefficient (Wildman–Crippen LogP) is 3.04. The average molecular weight is 296 g/mol. The summed E-state index contributed by atoms with van der Waals surface area (Å²) >= 11 is 0. The first-order chi connectivity index (χ1) is 10.6. The van der Waals surface area contributed by atoms with Crippen molar-refractivity contribution < 1.29 is 0 Å². The zero-order valence-electron chi connectivity index (χ0n) is 13.6. The summed E-state index contributed by atoms with van der Waals surface area (Å²) in [6, 6.07) is 10.4. The second-order valence-electron chi connectivity index (χ2n) is 6.72. The van der Waals surface area contributed by atoms with Gasteiger partial charge in [-0.1, -0.05) is 38.1 Å². The van der Waals surface area contributed by atoms with Crippen LogP contribution in [0.3, 0.4) is 0 Å². The number of rotatable bonds is 2. The normalized spacial score (nSPS) is 18.0. The summed E-state index contributed by atoms with van der Waals surface area (Å²) in [5.41, 5.74) is 1.44. The van der Waals surface area contributed by atoms with E-state index in [1.165, 1.54) is 17.2 Å². The molecule has 0 spiro atoms. The molecule has 0 bridgehead atoms. The predicted molar refractivity (Wildman–Crippen MR) is 91.9 cm³/mol. The van der Waals surface area contributed by atoms with Gasteiger partial charge in [-0.3, -0.25) is 9.98 Å². The number of aromatic nitrogens is 1. The van der Waals surface area contributed by atoms with Gasteiger partial charge in [0.1, 0.15) is 0 Å². The fraction of sp³-hybridized carbons (Fsp3) is 0.444. The highest BCUT2D eigenvalue weighted by atomic mass is 15.3. The molecule has 2 aromatic rings. The molecule has 1 aromatic heterocycles. The van der Waals surface area contributed by atoms with Crippen molar-refractivity contribution in [2.24, 2.45) is 10.4 Å². The maximum atomic E-state index is 4.53. The third kappa shape index (κ3) is 3.06. The third-order valence-corrected chi connectivity index (χ3v) is 4.36. The summed E-state index contributed by atoms with van der Waals surface area (Å²) in [7, 11) is 1.85. The van der Waals surface area contributed by atoms with Crippen LogP contribution in [0.1, 0.15) is 26.0 Å². The van der Waals surface area contributed by atoms with Crippen LogP contribution < -0.4 is 5.32 Å². The summed E-state index contributed by atoms with van der Waals surface area (Å²) in [5.74, 6) is 0.973. The summed E-state index contributed by atoms with van der Waals surface area (Å²) in [6.07, 6.45) is 3.08. The maximum absolute atomic E-state index is 4.53. The topological polar surface area (TPSA) is 40.5 Å². The zero-order chi connectivity index (χ0) is 15.6. The molecule has 2 heterocycles. The van der Waals surface area contributed by atoms with E-state index in [0.29, 0.717) is 12.0 Å². The van der Waals surface area contributed by atoms with Crippen molar-refractivity contribution in [3.05, 3.63) is 42.2 Å². The highest BCUT2D eigenvalue weighted by Gasteiger charge is 2.30. The molecular weight excluding hydrogens is 272 g/mol. The van der Waals surface area contributed by atoms with Crippen molar-refractivity contribution in [2.75, 3.05) is 20.1 Å². The Hall–Kier alpha value is -2.10. The molecule has 4 heteroatoms. The van der Waals surface area contributed by atoms with Crippen LogP contribution in [0.15, 0.2) is 41.5 Å². The minimum Gasteiger partial charge on any atom is -0.351 e. The molecule has 0 saturated carbocycles. The van der Waals surface area contributed by atoms with Gasteiger partial charge < -0.3 is 10.2 Å². The van der Waals surface area contributed by atoms with E-state index in [1.54, 1.807) is 0 Å². The Morgan fingerprint density at radius 1 is 1.32 bits per heavy atom. The summed E-state index contributed by atoms with van der Waals surface area (Å²) < 4.78 is 0. The number of pyridine rings is 1. The number of hydrogen-bond donors (Lipinski definition) is 1. The van der Waals surface area contributed by atoms with Crippen molar-refractivity contribution in [3.8, 4) is 0 Å².